The van der Waals surface area contributed by atoms with Crippen LogP contribution in [0.4, 0.5) is 0 Å². The number of nitrogens with zero attached hydrogens (tertiary/aromatic N) is 1. The summed E-state index contributed by atoms with van der Waals surface area (Å²) in [6, 6.07) is -0.337. The number of amides is 2. The lowest BCUT2D eigenvalue weighted by Crippen LogP contribution is -2.51. The maximum absolute atomic E-state index is 12.4. The molecule has 0 aromatic rings. The smallest absolute Gasteiger partial charge is 0.243 e. The Morgan fingerprint density at radius 3 is 3.00 bits per heavy atom. The molecule has 2 N–H and O–H groups in total. The quantitative estimate of drug-likeness (QED) is 0.819. The van der Waals surface area contributed by atoms with Gasteiger partial charge in [-0.3, -0.25) is 9.59 Å². The Hall–Kier alpha value is -0.750. The molecule has 3 rings (SSSR count). The summed E-state index contributed by atoms with van der Waals surface area (Å²) >= 11 is 1.71. The molecule has 0 bridgehead atoms. The monoisotopic (exact) mass is 312 g/mol. The lowest BCUT2D eigenvalue weighted by atomic mass is 9.86. The molecule has 21 heavy (non-hydrogen) atoms. The fraction of sp³-hybridized carbons (Fsp3) is 0.867. The first-order valence-electron chi connectivity index (χ1n) is 7.93. The maximum atomic E-state index is 12.4. The Kier molecular flexibility index (Phi) is 4.19. The van der Waals surface area contributed by atoms with Crippen molar-refractivity contribution >= 4 is 23.6 Å². The molecule has 2 amide bonds. The lowest BCUT2D eigenvalue weighted by Gasteiger charge is -2.31. The van der Waals surface area contributed by atoms with E-state index in [0.717, 1.165) is 32.1 Å². The van der Waals surface area contributed by atoms with Crippen LogP contribution < -0.4 is 5.32 Å². The number of aliphatic hydroxyl groups is 1. The summed E-state index contributed by atoms with van der Waals surface area (Å²) in [5, 5.41) is 12.9. The average Bonchev–Trinajstić information content (AvgIpc) is 2.95. The number of thioether (sulfide) groups is 1. The minimum atomic E-state index is -0.337. The van der Waals surface area contributed by atoms with Crippen molar-refractivity contribution in [2.45, 2.75) is 62.5 Å². The van der Waals surface area contributed by atoms with Crippen LogP contribution in [-0.4, -0.2) is 51.1 Å². The highest BCUT2D eigenvalue weighted by molar-refractivity contribution is 8.01. The molecule has 0 spiro atoms. The van der Waals surface area contributed by atoms with Gasteiger partial charge in [0.2, 0.25) is 11.8 Å². The zero-order chi connectivity index (χ0) is 15.0. The Morgan fingerprint density at radius 2 is 2.24 bits per heavy atom. The van der Waals surface area contributed by atoms with Gasteiger partial charge in [-0.2, -0.15) is 0 Å². The topological polar surface area (TPSA) is 69.6 Å². The number of nitrogens with one attached hydrogen (secondary N) is 1. The van der Waals surface area contributed by atoms with E-state index in [2.05, 4.69) is 12.2 Å². The van der Waals surface area contributed by atoms with Crippen molar-refractivity contribution in [3.63, 3.8) is 0 Å². The van der Waals surface area contributed by atoms with Crippen molar-refractivity contribution in [2.75, 3.05) is 12.3 Å². The number of carbonyl (C=O) groups is 2. The van der Waals surface area contributed by atoms with Crippen LogP contribution in [0.3, 0.4) is 0 Å². The maximum Gasteiger partial charge on any atom is 0.243 e. The second-order valence-electron chi connectivity index (χ2n) is 6.62. The minimum absolute atomic E-state index is 0.0563. The molecular weight excluding hydrogens is 288 g/mol. The van der Waals surface area contributed by atoms with Gasteiger partial charge in [0, 0.05) is 24.6 Å². The number of rotatable bonds is 3. The van der Waals surface area contributed by atoms with Crippen molar-refractivity contribution in [2.24, 2.45) is 5.92 Å². The van der Waals surface area contributed by atoms with Gasteiger partial charge in [0.25, 0.3) is 0 Å². The summed E-state index contributed by atoms with van der Waals surface area (Å²) < 4.78 is 0. The van der Waals surface area contributed by atoms with Crippen molar-refractivity contribution in [3.05, 3.63) is 0 Å². The van der Waals surface area contributed by atoms with Crippen LogP contribution >= 0.6 is 11.8 Å². The second kappa shape index (κ2) is 5.80. The van der Waals surface area contributed by atoms with E-state index < -0.39 is 0 Å². The average molecular weight is 312 g/mol. The third-order valence-corrected chi connectivity index (χ3v) is 6.66. The van der Waals surface area contributed by atoms with Crippen LogP contribution in [-0.2, 0) is 9.59 Å². The van der Waals surface area contributed by atoms with Gasteiger partial charge in [-0.25, -0.2) is 0 Å². The number of fused-ring (bicyclic) bond motifs is 1. The Morgan fingerprint density at radius 1 is 1.48 bits per heavy atom. The van der Waals surface area contributed by atoms with Gasteiger partial charge < -0.3 is 15.3 Å². The first-order chi connectivity index (χ1) is 10.0. The highest BCUT2D eigenvalue weighted by Gasteiger charge is 2.52. The van der Waals surface area contributed by atoms with E-state index >= 15 is 0 Å². The molecule has 4 unspecified atom stereocenters. The molecule has 0 aromatic carbocycles. The molecule has 2 heterocycles. The van der Waals surface area contributed by atoms with Gasteiger partial charge in [0.15, 0.2) is 0 Å². The molecule has 5 nitrogen and oxygen atoms in total. The number of hydrogen-bond donors (Lipinski definition) is 2. The van der Waals surface area contributed by atoms with E-state index in [1.807, 2.05) is 0 Å². The normalized spacial score (nSPS) is 39.4. The van der Waals surface area contributed by atoms with Crippen molar-refractivity contribution in [3.8, 4) is 0 Å². The zero-order valence-electron chi connectivity index (χ0n) is 12.5. The SMILES string of the molecule is CC12CCC(=O)N1C(C(=O)NCC1CCCCC1O)CS2. The molecule has 0 radical (unpaired) electrons. The predicted molar refractivity (Wildman–Crippen MR) is 81.7 cm³/mol. The Bertz CT molecular complexity index is 445. The first-order valence-corrected chi connectivity index (χ1v) is 8.92. The molecule has 3 fully saturated rings. The van der Waals surface area contributed by atoms with E-state index in [1.165, 1.54) is 0 Å². The third kappa shape index (κ3) is 2.80. The van der Waals surface area contributed by atoms with E-state index in [1.54, 1.807) is 16.7 Å². The zero-order valence-corrected chi connectivity index (χ0v) is 13.3. The number of carbonyl (C=O) groups excluding carboxylic acids is 2. The largest absolute Gasteiger partial charge is 0.393 e. The summed E-state index contributed by atoms with van der Waals surface area (Å²) in [7, 11) is 0. The minimum Gasteiger partial charge on any atom is -0.393 e. The predicted octanol–water partition coefficient (Wildman–Crippen LogP) is 1.11. The van der Waals surface area contributed by atoms with E-state index in [0.29, 0.717) is 18.7 Å². The summed E-state index contributed by atoms with van der Waals surface area (Å²) in [5.74, 6) is 0.887. The number of aliphatic hydroxyl groups excluding tert-OH is 1. The highest BCUT2D eigenvalue weighted by atomic mass is 32.2. The molecule has 0 aromatic heterocycles. The summed E-state index contributed by atoms with van der Waals surface area (Å²) in [4.78, 5) is 26.0. The molecule has 118 valence electrons. The Balaban J connectivity index is 1.57. The lowest BCUT2D eigenvalue weighted by molar-refractivity contribution is -0.138. The second-order valence-corrected chi connectivity index (χ2v) is 8.12. The van der Waals surface area contributed by atoms with Crippen molar-refractivity contribution in [1.29, 1.82) is 0 Å². The van der Waals surface area contributed by atoms with Crippen molar-refractivity contribution < 1.29 is 14.7 Å². The van der Waals surface area contributed by atoms with E-state index in [-0.39, 0.29) is 34.7 Å². The van der Waals surface area contributed by atoms with Gasteiger partial charge >= 0.3 is 0 Å². The standard InChI is InChI=1S/C15H24N2O3S/c1-15-7-6-13(19)17(15)11(9-21-15)14(20)16-8-10-4-2-3-5-12(10)18/h10-12,18H,2-9H2,1H3,(H,16,20). The van der Waals surface area contributed by atoms with Gasteiger partial charge in [0.05, 0.1) is 11.0 Å². The van der Waals surface area contributed by atoms with Crippen LogP contribution in [0.25, 0.3) is 0 Å². The molecule has 6 heteroatoms. The first kappa shape index (κ1) is 15.2. The van der Waals surface area contributed by atoms with Gasteiger partial charge in [-0.15, -0.1) is 11.8 Å². The molecule has 3 aliphatic rings. The van der Waals surface area contributed by atoms with Crippen molar-refractivity contribution in [1.82, 2.24) is 10.2 Å². The summed E-state index contributed by atoms with van der Waals surface area (Å²) in [6.45, 7) is 2.58. The fourth-order valence-corrected chi connectivity index (χ4v) is 5.22. The van der Waals surface area contributed by atoms with Gasteiger partial charge in [-0.1, -0.05) is 12.8 Å². The third-order valence-electron chi connectivity index (χ3n) is 5.15. The van der Waals surface area contributed by atoms with Crippen LogP contribution in [0, 0.1) is 5.92 Å². The van der Waals surface area contributed by atoms with E-state index in [4.69, 9.17) is 0 Å². The van der Waals surface area contributed by atoms with Crippen LogP contribution in [0.15, 0.2) is 0 Å². The van der Waals surface area contributed by atoms with Gasteiger partial charge in [-0.05, 0) is 26.2 Å². The molecule has 2 aliphatic heterocycles. The molecule has 1 saturated carbocycles. The molecule has 4 atom stereocenters. The van der Waals surface area contributed by atoms with Crippen LogP contribution in [0.1, 0.15) is 45.4 Å². The molecular formula is C15H24N2O3S. The van der Waals surface area contributed by atoms with E-state index in [9.17, 15) is 14.7 Å². The highest BCUT2D eigenvalue weighted by Crippen LogP contribution is 2.47. The molecule has 2 saturated heterocycles. The fourth-order valence-electron chi connectivity index (χ4n) is 3.79. The molecule has 1 aliphatic carbocycles. The van der Waals surface area contributed by atoms with Crippen LogP contribution in [0.5, 0.6) is 0 Å². The summed E-state index contributed by atoms with van der Waals surface area (Å²) in [6.07, 6.45) is 5.10. The Labute approximate surface area is 129 Å². The number of hydrogen-bond acceptors (Lipinski definition) is 4. The van der Waals surface area contributed by atoms with Gasteiger partial charge in [0.1, 0.15) is 6.04 Å². The van der Waals surface area contributed by atoms with Crippen LogP contribution in [0.2, 0.25) is 0 Å². The summed E-state index contributed by atoms with van der Waals surface area (Å²) in [5.41, 5.74) is 0.